The van der Waals surface area contributed by atoms with Crippen molar-refractivity contribution in [2.75, 3.05) is 37.4 Å². The Labute approximate surface area is 175 Å². The second-order valence-electron chi connectivity index (χ2n) is 8.25. The SMILES string of the molecule is Cc1cc(N(C)C)cc(C)c1NC(=O)N1CCC(c2noc3cc(F)ccc23)CC1. The van der Waals surface area contributed by atoms with E-state index in [2.05, 4.69) is 27.5 Å². The van der Waals surface area contributed by atoms with Crippen LogP contribution in [0, 0.1) is 19.7 Å². The summed E-state index contributed by atoms with van der Waals surface area (Å²) in [7, 11) is 4.01. The number of likely N-dealkylation sites (tertiary alicyclic amines) is 1. The fraction of sp³-hybridized carbons (Fsp3) is 0.391. The van der Waals surface area contributed by atoms with Crippen molar-refractivity contribution in [2.45, 2.75) is 32.6 Å². The molecule has 158 valence electrons. The van der Waals surface area contributed by atoms with Crippen molar-refractivity contribution in [3.63, 3.8) is 0 Å². The number of rotatable bonds is 3. The number of anilines is 2. The molecular formula is C23H27FN4O2. The smallest absolute Gasteiger partial charge is 0.321 e. The molecule has 1 aliphatic rings. The van der Waals surface area contributed by atoms with E-state index in [4.69, 9.17) is 4.52 Å². The second kappa shape index (κ2) is 7.97. The van der Waals surface area contributed by atoms with Gasteiger partial charge in [0.15, 0.2) is 5.58 Å². The number of urea groups is 1. The van der Waals surface area contributed by atoms with E-state index in [1.807, 2.05) is 32.8 Å². The summed E-state index contributed by atoms with van der Waals surface area (Å²) in [4.78, 5) is 16.8. The third-order valence-electron chi connectivity index (χ3n) is 5.90. The quantitative estimate of drug-likeness (QED) is 0.656. The average molecular weight is 410 g/mol. The van der Waals surface area contributed by atoms with Crippen LogP contribution in [0.1, 0.15) is 35.6 Å². The highest BCUT2D eigenvalue weighted by Gasteiger charge is 2.27. The van der Waals surface area contributed by atoms with Crippen LogP contribution in [0.5, 0.6) is 0 Å². The van der Waals surface area contributed by atoms with Gasteiger partial charge in [-0.25, -0.2) is 9.18 Å². The molecule has 4 rings (SSSR count). The molecule has 1 aromatic heterocycles. The van der Waals surface area contributed by atoms with E-state index in [9.17, 15) is 9.18 Å². The van der Waals surface area contributed by atoms with Gasteiger partial charge in [0.2, 0.25) is 0 Å². The number of fused-ring (bicyclic) bond motifs is 1. The lowest BCUT2D eigenvalue weighted by atomic mass is 9.92. The Balaban J connectivity index is 1.42. The fourth-order valence-corrected chi connectivity index (χ4v) is 4.16. The van der Waals surface area contributed by atoms with Crippen molar-refractivity contribution in [3.05, 3.63) is 53.0 Å². The molecule has 3 aromatic rings. The van der Waals surface area contributed by atoms with Gasteiger partial charge >= 0.3 is 6.03 Å². The summed E-state index contributed by atoms with van der Waals surface area (Å²) < 4.78 is 18.7. The van der Waals surface area contributed by atoms with Crippen LogP contribution >= 0.6 is 0 Å². The molecule has 30 heavy (non-hydrogen) atoms. The highest BCUT2D eigenvalue weighted by Crippen LogP contribution is 2.33. The number of aryl methyl sites for hydroxylation is 2. The summed E-state index contributed by atoms with van der Waals surface area (Å²) >= 11 is 0. The van der Waals surface area contributed by atoms with Gasteiger partial charge < -0.3 is 19.6 Å². The first-order valence-electron chi connectivity index (χ1n) is 10.2. The third kappa shape index (κ3) is 3.84. The van der Waals surface area contributed by atoms with Crippen LogP contribution in [0.25, 0.3) is 11.0 Å². The van der Waals surface area contributed by atoms with Gasteiger partial charge in [-0.05, 0) is 62.1 Å². The monoisotopic (exact) mass is 410 g/mol. The molecule has 2 heterocycles. The van der Waals surface area contributed by atoms with Crippen molar-refractivity contribution in [2.24, 2.45) is 0 Å². The summed E-state index contributed by atoms with van der Waals surface area (Å²) in [5, 5.41) is 8.12. The summed E-state index contributed by atoms with van der Waals surface area (Å²) in [5.41, 5.74) is 5.40. The molecule has 1 saturated heterocycles. The molecule has 0 bridgehead atoms. The molecule has 0 atom stereocenters. The maximum atomic E-state index is 13.4. The Kier molecular flexibility index (Phi) is 5.37. The Hall–Kier alpha value is -3.09. The maximum Gasteiger partial charge on any atom is 0.321 e. The van der Waals surface area contributed by atoms with Crippen LogP contribution in [0.15, 0.2) is 34.9 Å². The summed E-state index contributed by atoms with van der Waals surface area (Å²) in [6.07, 6.45) is 1.59. The van der Waals surface area contributed by atoms with Crippen LogP contribution in [0.3, 0.4) is 0 Å². The molecule has 0 saturated carbocycles. The summed E-state index contributed by atoms with van der Waals surface area (Å²) in [6, 6.07) is 8.59. The van der Waals surface area contributed by atoms with Crippen LogP contribution < -0.4 is 10.2 Å². The minimum atomic E-state index is -0.333. The lowest BCUT2D eigenvalue weighted by Gasteiger charge is -2.31. The first kappa shape index (κ1) is 20.2. The van der Waals surface area contributed by atoms with Crippen LogP contribution in [-0.4, -0.2) is 43.3 Å². The zero-order chi connectivity index (χ0) is 21.4. The van der Waals surface area contributed by atoms with Gasteiger partial charge in [0.1, 0.15) is 5.82 Å². The highest BCUT2D eigenvalue weighted by atomic mass is 19.1. The van der Waals surface area contributed by atoms with Gasteiger partial charge in [-0.3, -0.25) is 0 Å². The predicted octanol–water partition coefficient (Wildman–Crippen LogP) is 5.06. The van der Waals surface area contributed by atoms with Crippen molar-refractivity contribution >= 4 is 28.4 Å². The largest absolute Gasteiger partial charge is 0.378 e. The normalized spacial score (nSPS) is 14.9. The predicted molar refractivity (Wildman–Crippen MR) is 117 cm³/mol. The molecule has 0 aliphatic carbocycles. The van der Waals surface area contributed by atoms with E-state index >= 15 is 0 Å². The van der Waals surface area contributed by atoms with Gasteiger partial charge in [-0.1, -0.05) is 5.16 Å². The molecule has 1 aliphatic heterocycles. The molecule has 6 nitrogen and oxygen atoms in total. The molecule has 1 N–H and O–H groups in total. The van der Waals surface area contributed by atoms with Gasteiger partial charge in [0.05, 0.1) is 5.69 Å². The zero-order valence-electron chi connectivity index (χ0n) is 17.8. The van der Waals surface area contributed by atoms with Crippen molar-refractivity contribution in [1.29, 1.82) is 0 Å². The van der Waals surface area contributed by atoms with Gasteiger partial charge in [0.25, 0.3) is 0 Å². The molecule has 0 radical (unpaired) electrons. The fourth-order valence-electron chi connectivity index (χ4n) is 4.16. The Bertz CT molecular complexity index is 1060. The van der Waals surface area contributed by atoms with Crippen LogP contribution in [-0.2, 0) is 0 Å². The summed E-state index contributed by atoms with van der Waals surface area (Å²) in [6.45, 7) is 5.31. The second-order valence-corrected chi connectivity index (χ2v) is 8.25. The molecule has 2 amide bonds. The van der Waals surface area contributed by atoms with Crippen LogP contribution in [0.2, 0.25) is 0 Å². The number of nitrogens with zero attached hydrogens (tertiary/aromatic N) is 3. The van der Waals surface area contributed by atoms with Crippen molar-refractivity contribution in [3.8, 4) is 0 Å². The summed E-state index contributed by atoms with van der Waals surface area (Å²) in [5.74, 6) is -0.135. The number of benzene rings is 2. The number of carbonyl (C=O) groups is 1. The number of halogens is 1. The number of nitrogens with one attached hydrogen (secondary N) is 1. The number of aromatic nitrogens is 1. The average Bonchev–Trinajstić information content (AvgIpc) is 3.13. The van der Waals surface area contributed by atoms with E-state index in [-0.39, 0.29) is 17.8 Å². The molecule has 0 spiro atoms. The zero-order valence-corrected chi connectivity index (χ0v) is 17.8. The van der Waals surface area contributed by atoms with E-state index in [1.165, 1.54) is 12.1 Å². The van der Waals surface area contributed by atoms with Gasteiger partial charge in [0, 0.05) is 55.9 Å². The number of carbonyl (C=O) groups excluding carboxylic acids is 1. The van der Waals surface area contributed by atoms with Crippen molar-refractivity contribution < 1.29 is 13.7 Å². The van der Waals surface area contributed by atoms with Crippen molar-refractivity contribution in [1.82, 2.24) is 10.1 Å². The minimum Gasteiger partial charge on any atom is -0.378 e. The van der Waals surface area contributed by atoms with Crippen LogP contribution in [0.4, 0.5) is 20.6 Å². The third-order valence-corrected chi connectivity index (χ3v) is 5.90. The molecule has 7 heteroatoms. The number of hydrogen-bond donors (Lipinski definition) is 1. The van der Waals surface area contributed by atoms with Gasteiger partial charge in [-0.2, -0.15) is 0 Å². The highest BCUT2D eigenvalue weighted by molar-refractivity contribution is 5.91. The number of hydrogen-bond acceptors (Lipinski definition) is 4. The van der Waals surface area contributed by atoms with E-state index in [0.717, 1.165) is 46.4 Å². The molecule has 1 fully saturated rings. The maximum absolute atomic E-state index is 13.4. The van der Waals surface area contributed by atoms with E-state index in [0.29, 0.717) is 18.7 Å². The Morgan fingerprint density at radius 2 is 1.83 bits per heavy atom. The van der Waals surface area contributed by atoms with E-state index < -0.39 is 0 Å². The Morgan fingerprint density at radius 1 is 1.17 bits per heavy atom. The first-order valence-corrected chi connectivity index (χ1v) is 10.2. The molecule has 0 unspecified atom stereocenters. The number of amides is 2. The van der Waals surface area contributed by atoms with Gasteiger partial charge in [-0.15, -0.1) is 0 Å². The molecular weight excluding hydrogens is 383 g/mol. The molecule has 2 aromatic carbocycles. The van der Waals surface area contributed by atoms with E-state index in [1.54, 1.807) is 6.07 Å². The lowest BCUT2D eigenvalue weighted by Crippen LogP contribution is -2.40. The topological polar surface area (TPSA) is 61.6 Å². The lowest BCUT2D eigenvalue weighted by molar-refractivity contribution is 0.193. The number of piperidine rings is 1. The minimum absolute atomic E-state index is 0.0793. The standard InChI is InChI=1S/C23H27FN4O2/c1-14-11-18(27(3)4)12-15(2)21(14)25-23(29)28-9-7-16(8-10-28)22-19-6-5-17(24)13-20(19)30-26-22/h5-6,11-13,16H,7-10H2,1-4H3,(H,25,29). The first-order chi connectivity index (χ1) is 14.3. The Morgan fingerprint density at radius 3 is 2.47 bits per heavy atom.